The van der Waals surface area contributed by atoms with E-state index in [0.29, 0.717) is 16.6 Å². The Morgan fingerprint density at radius 3 is 2.07 bits per heavy atom. The van der Waals surface area contributed by atoms with Crippen LogP contribution in [-0.4, -0.2) is 13.0 Å². The van der Waals surface area contributed by atoms with E-state index in [1.165, 1.54) is 16.7 Å². The predicted octanol–water partition coefficient (Wildman–Crippen LogP) is 4.77. The number of hydrogen-bond acceptors (Lipinski definition) is 4. The number of aromatic nitrogens is 1. The molecule has 0 aliphatic heterocycles. The molecule has 1 aromatic heterocycles. The lowest BCUT2D eigenvalue weighted by Gasteiger charge is -2.16. The van der Waals surface area contributed by atoms with Gasteiger partial charge in [-0.15, -0.1) is 0 Å². The van der Waals surface area contributed by atoms with Crippen LogP contribution in [0.1, 0.15) is 0 Å². The molecule has 4 aromatic rings. The van der Waals surface area contributed by atoms with Crippen molar-refractivity contribution in [1.82, 2.24) is 4.57 Å². The van der Waals surface area contributed by atoms with E-state index >= 15 is 0 Å². The molecule has 0 saturated carbocycles. The normalized spacial score (nSPS) is 11.2. The predicted molar refractivity (Wildman–Crippen MR) is 110 cm³/mol. The van der Waals surface area contributed by atoms with Gasteiger partial charge >= 0.3 is 0 Å². The van der Waals surface area contributed by atoms with Gasteiger partial charge in [0.15, 0.2) is 0 Å². The molecule has 7 nitrogen and oxygen atoms in total. The van der Waals surface area contributed by atoms with E-state index in [9.17, 15) is 13.2 Å². The van der Waals surface area contributed by atoms with E-state index in [-0.39, 0.29) is 10.6 Å². The second kappa shape index (κ2) is 7.27. The van der Waals surface area contributed by atoms with Gasteiger partial charge < -0.3 is 0 Å². The van der Waals surface area contributed by atoms with E-state index in [0.717, 1.165) is 0 Å². The summed E-state index contributed by atoms with van der Waals surface area (Å²) >= 11 is 0. The van der Waals surface area contributed by atoms with Gasteiger partial charge in [-0.3, -0.25) is 9.36 Å². The molecule has 0 amide bonds. The third-order valence-corrected chi connectivity index (χ3v) is 6.29. The van der Waals surface area contributed by atoms with Crippen molar-refractivity contribution in [3.05, 3.63) is 106 Å². The quantitative estimate of drug-likeness (QED) is 0.279. The molecule has 0 saturated heterocycles. The molecular weight excluding hydrogens is 388 g/mol. The zero-order chi connectivity index (χ0) is 20.4. The van der Waals surface area contributed by atoms with E-state index in [2.05, 4.69) is 10.0 Å². The molecule has 0 aliphatic carbocycles. The van der Waals surface area contributed by atoms with Crippen molar-refractivity contribution in [2.24, 2.45) is 5.11 Å². The van der Waals surface area contributed by atoms with Gasteiger partial charge in [-0.05, 0) is 35.9 Å². The van der Waals surface area contributed by atoms with Gasteiger partial charge in [0.05, 0.1) is 16.1 Å². The Labute approximate surface area is 166 Å². The van der Waals surface area contributed by atoms with Crippen molar-refractivity contribution in [3.63, 3.8) is 0 Å². The first-order chi connectivity index (χ1) is 14.1. The first-order valence-electron chi connectivity index (χ1n) is 8.64. The molecule has 0 spiro atoms. The van der Waals surface area contributed by atoms with E-state index in [4.69, 9.17) is 5.53 Å². The number of sulfone groups is 1. The van der Waals surface area contributed by atoms with Gasteiger partial charge in [0.2, 0.25) is 9.84 Å². The van der Waals surface area contributed by atoms with Crippen LogP contribution in [0.5, 0.6) is 0 Å². The van der Waals surface area contributed by atoms with Gasteiger partial charge in [0, 0.05) is 16.0 Å². The Morgan fingerprint density at radius 2 is 1.41 bits per heavy atom. The summed E-state index contributed by atoms with van der Waals surface area (Å²) in [6.45, 7) is 0. The minimum absolute atomic E-state index is 0.0543. The van der Waals surface area contributed by atoms with Crippen LogP contribution in [-0.2, 0) is 9.84 Å². The largest absolute Gasteiger partial charge is 0.276 e. The van der Waals surface area contributed by atoms with Crippen molar-refractivity contribution >= 4 is 26.4 Å². The first-order valence-corrected chi connectivity index (χ1v) is 10.1. The van der Waals surface area contributed by atoms with Crippen LogP contribution in [0.2, 0.25) is 0 Å². The lowest BCUT2D eigenvalue weighted by molar-refractivity contribution is 0.594. The fourth-order valence-corrected chi connectivity index (χ4v) is 4.72. The maximum atomic E-state index is 13.5. The number of rotatable bonds is 4. The lowest BCUT2D eigenvalue weighted by atomic mass is 10.1. The summed E-state index contributed by atoms with van der Waals surface area (Å²) in [6.07, 6.45) is 0. The van der Waals surface area contributed by atoms with Gasteiger partial charge in [-0.2, -0.15) is 0 Å². The first kappa shape index (κ1) is 18.5. The Morgan fingerprint density at radius 1 is 0.828 bits per heavy atom. The van der Waals surface area contributed by atoms with Crippen molar-refractivity contribution in [2.75, 3.05) is 0 Å². The highest BCUT2D eigenvalue weighted by Gasteiger charge is 2.28. The van der Waals surface area contributed by atoms with Crippen LogP contribution in [0.25, 0.3) is 27.0 Å². The average Bonchev–Trinajstić information content (AvgIpc) is 2.75. The second-order valence-electron chi connectivity index (χ2n) is 6.18. The number of hydrogen-bond donors (Lipinski definition) is 0. The van der Waals surface area contributed by atoms with Crippen molar-refractivity contribution in [3.8, 4) is 5.69 Å². The molecule has 0 aliphatic rings. The molecule has 0 fully saturated rings. The summed E-state index contributed by atoms with van der Waals surface area (Å²) in [4.78, 5) is 15.7. The molecule has 0 unspecified atom stereocenters. The van der Waals surface area contributed by atoms with Crippen LogP contribution in [0.3, 0.4) is 0 Å². The molecule has 3 aromatic carbocycles. The summed E-state index contributed by atoms with van der Waals surface area (Å²) in [6, 6.07) is 23.1. The van der Waals surface area contributed by atoms with Gasteiger partial charge in [-0.25, -0.2) is 8.42 Å². The number of benzene rings is 3. The molecule has 0 radical (unpaired) electrons. The van der Waals surface area contributed by atoms with Gasteiger partial charge in [0.1, 0.15) is 4.90 Å². The van der Waals surface area contributed by atoms with E-state index < -0.39 is 20.3 Å². The fraction of sp³-hybridized carbons (Fsp3) is 0. The highest BCUT2D eigenvalue weighted by Crippen LogP contribution is 2.34. The van der Waals surface area contributed by atoms with E-state index in [1.807, 2.05) is 0 Å². The molecule has 4 rings (SSSR count). The van der Waals surface area contributed by atoms with Crippen LogP contribution in [0.15, 0.2) is 105 Å². The number of pyridine rings is 1. The van der Waals surface area contributed by atoms with Crippen LogP contribution < -0.4 is 5.56 Å². The summed E-state index contributed by atoms with van der Waals surface area (Å²) in [5.41, 5.74) is 9.04. The minimum atomic E-state index is -4.24. The monoisotopic (exact) mass is 402 g/mol. The maximum absolute atomic E-state index is 13.5. The summed E-state index contributed by atoms with van der Waals surface area (Å²) < 4.78 is 28.1. The molecule has 0 bridgehead atoms. The topological polar surface area (TPSA) is 105 Å². The summed E-state index contributed by atoms with van der Waals surface area (Å²) in [5.74, 6) is 0. The highest BCUT2D eigenvalue weighted by atomic mass is 32.2. The third-order valence-electron chi connectivity index (χ3n) is 4.49. The number of azide groups is 1. The zero-order valence-corrected chi connectivity index (χ0v) is 15.8. The van der Waals surface area contributed by atoms with Crippen LogP contribution >= 0.6 is 0 Å². The molecule has 0 atom stereocenters. The molecule has 1 heterocycles. The van der Waals surface area contributed by atoms with Crippen molar-refractivity contribution in [1.29, 1.82) is 0 Å². The van der Waals surface area contributed by atoms with Gasteiger partial charge in [-0.1, -0.05) is 59.7 Å². The third kappa shape index (κ3) is 3.06. The molecule has 29 heavy (non-hydrogen) atoms. The Kier molecular flexibility index (Phi) is 4.64. The highest BCUT2D eigenvalue weighted by molar-refractivity contribution is 7.91. The maximum Gasteiger partial charge on any atom is 0.275 e. The Balaban J connectivity index is 2.24. The summed E-state index contributed by atoms with van der Waals surface area (Å²) in [7, 11) is -4.24. The molecule has 142 valence electrons. The van der Waals surface area contributed by atoms with E-state index in [1.54, 1.807) is 72.8 Å². The fourth-order valence-electron chi connectivity index (χ4n) is 3.24. The Hall–Kier alpha value is -3.87. The SMILES string of the molecule is [N-]=[N+]=Nc1c(S(=O)(=O)c2ccccc2)c(=O)n(-c2ccccc2)c2ccccc12. The number of nitrogens with zero attached hydrogens (tertiary/aromatic N) is 4. The smallest absolute Gasteiger partial charge is 0.275 e. The van der Waals surface area contributed by atoms with Crippen LogP contribution in [0.4, 0.5) is 5.69 Å². The Bertz CT molecular complexity index is 1420. The number of fused-ring (bicyclic) bond motifs is 1. The molecule has 0 N–H and O–H groups in total. The molecule has 8 heteroatoms. The zero-order valence-electron chi connectivity index (χ0n) is 15.0. The van der Waals surface area contributed by atoms with Crippen molar-refractivity contribution < 1.29 is 8.42 Å². The lowest BCUT2D eigenvalue weighted by Crippen LogP contribution is -2.25. The minimum Gasteiger partial charge on any atom is -0.276 e. The van der Waals surface area contributed by atoms with Gasteiger partial charge in [0.25, 0.3) is 5.56 Å². The standard InChI is InChI=1S/C21H14N4O3S/c22-24-23-19-17-13-7-8-14-18(17)25(15-9-3-1-4-10-15)21(26)20(19)29(27,28)16-11-5-2-6-12-16/h1-14H. The summed E-state index contributed by atoms with van der Waals surface area (Å²) in [5, 5.41) is 3.97. The number of para-hydroxylation sites is 2. The van der Waals surface area contributed by atoms with Crippen molar-refractivity contribution in [2.45, 2.75) is 9.79 Å². The molecular formula is C21H14N4O3S. The second-order valence-corrected chi connectivity index (χ2v) is 8.06. The van der Waals surface area contributed by atoms with Crippen LogP contribution in [0, 0.1) is 0 Å². The average molecular weight is 402 g/mol.